The topological polar surface area (TPSA) is 119 Å². The van der Waals surface area contributed by atoms with Gasteiger partial charge in [0.25, 0.3) is 0 Å². The Bertz CT molecular complexity index is 1900. The first-order chi connectivity index (χ1) is 22.8. The number of halogens is 3. The summed E-state index contributed by atoms with van der Waals surface area (Å²) in [5.74, 6) is -1.31. The summed E-state index contributed by atoms with van der Waals surface area (Å²) in [6.45, 7) is 1.83. The molecule has 2 aromatic heterocycles. The van der Waals surface area contributed by atoms with Crippen LogP contribution >= 0.6 is 0 Å². The molecular weight excluding hydrogens is 619 g/mol. The number of nitrogens with zero attached hydrogens (tertiary/aromatic N) is 5. The van der Waals surface area contributed by atoms with Crippen LogP contribution in [0, 0.1) is 11.6 Å². The molecule has 0 unspecified atom stereocenters. The molecule has 0 saturated carbocycles. The number of hydrogen-bond donors (Lipinski definition) is 1. The van der Waals surface area contributed by atoms with Crippen molar-refractivity contribution in [2.24, 2.45) is 0 Å². The van der Waals surface area contributed by atoms with E-state index in [-0.39, 0.29) is 84.7 Å². The number of ether oxygens (including phenoxy) is 4. The Morgan fingerprint density at radius 3 is 2.91 bits per heavy atom. The van der Waals surface area contributed by atoms with Crippen molar-refractivity contribution in [3.63, 3.8) is 0 Å². The molecule has 1 N–H and O–H groups in total. The van der Waals surface area contributed by atoms with Crippen LogP contribution in [0.15, 0.2) is 30.5 Å². The van der Waals surface area contributed by atoms with Crippen molar-refractivity contribution in [1.82, 2.24) is 19.9 Å². The van der Waals surface area contributed by atoms with Crippen molar-refractivity contribution in [2.75, 3.05) is 57.5 Å². The lowest BCUT2D eigenvalue weighted by atomic mass is 9.94. The summed E-state index contributed by atoms with van der Waals surface area (Å²) in [4.78, 5) is 30.3. The second kappa shape index (κ2) is 11.7. The summed E-state index contributed by atoms with van der Waals surface area (Å²) < 4.78 is 69.5. The fourth-order valence-corrected chi connectivity index (χ4v) is 7.54. The Hall–Kier alpha value is -4.43. The lowest BCUT2D eigenvalue weighted by Crippen LogP contribution is -2.43. The molecular formula is C33H32F3N5O6. The molecule has 14 heteroatoms. The van der Waals surface area contributed by atoms with Crippen LogP contribution in [0.3, 0.4) is 0 Å². The Labute approximate surface area is 267 Å². The highest BCUT2D eigenvalue weighted by atomic mass is 19.1. The van der Waals surface area contributed by atoms with E-state index in [2.05, 4.69) is 14.9 Å². The maximum absolute atomic E-state index is 16.9. The van der Waals surface area contributed by atoms with Crippen LogP contribution in [0.4, 0.5) is 23.8 Å². The van der Waals surface area contributed by atoms with E-state index < -0.39 is 35.6 Å². The quantitative estimate of drug-likeness (QED) is 0.311. The number of carbonyl (C=O) groups excluding carboxylic acids is 1. The van der Waals surface area contributed by atoms with Crippen LogP contribution < -0.4 is 9.64 Å². The molecule has 3 fully saturated rings. The lowest BCUT2D eigenvalue weighted by Gasteiger charge is -2.31. The standard InChI is InChI=1S/C33H32F3N5O6/c34-19-12-33(5-1-6-41(33)14-19)17-46-31-38-29-24-13-37-28(27(29)36)23-11-20(42)10-18-2-3-25(35)22(26(18)23)4-8-45-32(43)47-21-15-40(30(24)39-31)7-9-44-16-21/h2-3,10-11,13,19,21,42H,1,4-9,12,14-17H2/t19-,21+,33+/m1/s1. The van der Waals surface area contributed by atoms with Crippen molar-refractivity contribution in [1.29, 1.82) is 0 Å². The van der Waals surface area contributed by atoms with E-state index in [1.165, 1.54) is 30.5 Å². The SMILES string of the molecule is O=C1OCCc2c(F)ccc3cc(O)cc(c23)-c2ncc3c(nc(OC[C@@]45CCCN4C[C@H](F)C5)nc3c2F)N2CCOC[C@H](C2)O1. The Balaban J connectivity index is 1.32. The zero-order valence-corrected chi connectivity index (χ0v) is 25.4. The molecule has 5 aliphatic heterocycles. The van der Waals surface area contributed by atoms with Crippen molar-refractivity contribution in [2.45, 2.75) is 43.5 Å². The number of carbonyl (C=O) groups is 1. The number of rotatable bonds is 3. The molecule has 6 bridgehead atoms. The molecule has 7 heterocycles. The second-order valence-electron chi connectivity index (χ2n) is 12.6. The van der Waals surface area contributed by atoms with E-state index in [1.54, 1.807) is 4.90 Å². The predicted molar refractivity (Wildman–Crippen MR) is 163 cm³/mol. The van der Waals surface area contributed by atoms with E-state index in [1.807, 2.05) is 0 Å². The number of aromatic nitrogens is 3. The number of benzene rings is 2. The number of alkyl halides is 1. The van der Waals surface area contributed by atoms with Gasteiger partial charge in [-0.15, -0.1) is 0 Å². The Morgan fingerprint density at radius 2 is 2.02 bits per heavy atom. The lowest BCUT2D eigenvalue weighted by molar-refractivity contribution is -0.00384. The van der Waals surface area contributed by atoms with Gasteiger partial charge in [0.15, 0.2) is 5.82 Å². The summed E-state index contributed by atoms with van der Waals surface area (Å²) in [6.07, 6.45) is 0.726. The summed E-state index contributed by atoms with van der Waals surface area (Å²) >= 11 is 0. The first-order valence-corrected chi connectivity index (χ1v) is 15.8. The smallest absolute Gasteiger partial charge is 0.508 e. The van der Waals surface area contributed by atoms with Crippen LogP contribution in [0.25, 0.3) is 32.9 Å². The molecule has 0 spiro atoms. The fourth-order valence-electron chi connectivity index (χ4n) is 7.54. The highest BCUT2D eigenvalue weighted by Crippen LogP contribution is 2.42. The minimum absolute atomic E-state index is 0.0542. The molecule has 2 aromatic carbocycles. The second-order valence-corrected chi connectivity index (χ2v) is 12.6. The molecule has 4 aromatic rings. The molecule has 0 amide bonds. The Kier molecular flexibility index (Phi) is 7.43. The maximum atomic E-state index is 16.9. The van der Waals surface area contributed by atoms with Gasteiger partial charge in [-0.25, -0.2) is 18.0 Å². The molecule has 0 radical (unpaired) electrons. The first kappa shape index (κ1) is 29.9. The number of fused-ring (bicyclic) bond motifs is 6. The Morgan fingerprint density at radius 1 is 1.13 bits per heavy atom. The van der Waals surface area contributed by atoms with Gasteiger partial charge in [0.1, 0.15) is 47.5 Å². The number of phenolic OH excluding ortho intramolecular Hbond substituents is 1. The number of phenols is 1. The average Bonchev–Trinajstić information content (AvgIpc) is 3.46. The molecule has 47 heavy (non-hydrogen) atoms. The third-order valence-corrected chi connectivity index (χ3v) is 9.65. The molecule has 0 aliphatic carbocycles. The van der Waals surface area contributed by atoms with E-state index in [4.69, 9.17) is 23.9 Å². The van der Waals surface area contributed by atoms with Crippen LogP contribution in [0.1, 0.15) is 24.8 Å². The zero-order chi connectivity index (χ0) is 32.3. The molecule has 246 valence electrons. The van der Waals surface area contributed by atoms with E-state index in [0.29, 0.717) is 30.3 Å². The van der Waals surface area contributed by atoms with Crippen LogP contribution in [0.5, 0.6) is 11.8 Å². The highest BCUT2D eigenvalue weighted by molar-refractivity contribution is 6.01. The number of hydrogen-bond acceptors (Lipinski definition) is 11. The normalized spacial score (nSPS) is 24.8. The first-order valence-electron chi connectivity index (χ1n) is 15.8. The van der Waals surface area contributed by atoms with Gasteiger partial charge in [-0.1, -0.05) is 6.07 Å². The molecule has 3 saturated heterocycles. The van der Waals surface area contributed by atoms with Gasteiger partial charge in [-0.2, -0.15) is 9.97 Å². The summed E-state index contributed by atoms with van der Waals surface area (Å²) in [7, 11) is 0. The van der Waals surface area contributed by atoms with Crippen molar-refractivity contribution in [3.05, 3.63) is 47.7 Å². The molecule has 3 atom stereocenters. The van der Waals surface area contributed by atoms with Gasteiger partial charge >= 0.3 is 12.2 Å². The summed E-state index contributed by atoms with van der Waals surface area (Å²) in [6, 6.07) is 5.36. The summed E-state index contributed by atoms with van der Waals surface area (Å²) in [5.41, 5.74) is -0.478. The van der Waals surface area contributed by atoms with E-state index in [9.17, 15) is 14.3 Å². The van der Waals surface area contributed by atoms with Crippen LogP contribution in [0.2, 0.25) is 0 Å². The fraction of sp³-hybridized carbons (Fsp3) is 0.455. The third kappa shape index (κ3) is 5.32. The zero-order valence-electron chi connectivity index (χ0n) is 25.4. The van der Waals surface area contributed by atoms with Crippen molar-refractivity contribution < 1.29 is 42.0 Å². The van der Waals surface area contributed by atoms with E-state index >= 15 is 8.78 Å². The third-order valence-electron chi connectivity index (χ3n) is 9.65. The molecule has 11 nitrogen and oxygen atoms in total. The maximum Gasteiger partial charge on any atom is 0.508 e. The van der Waals surface area contributed by atoms with Crippen LogP contribution in [-0.4, -0.2) is 102 Å². The van der Waals surface area contributed by atoms with Crippen molar-refractivity contribution >= 4 is 33.6 Å². The van der Waals surface area contributed by atoms with Gasteiger partial charge in [0, 0.05) is 37.7 Å². The summed E-state index contributed by atoms with van der Waals surface area (Å²) in [5, 5.41) is 11.6. The monoisotopic (exact) mass is 651 g/mol. The molecule has 9 rings (SSSR count). The minimum Gasteiger partial charge on any atom is -0.508 e. The van der Waals surface area contributed by atoms with E-state index in [0.717, 1.165) is 19.4 Å². The number of anilines is 1. The van der Waals surface area contributed by atoms with Gasteiger partial charge in [-0.3, -0.25) is 9.88 Å². The molecule has 5 aliphatic rings. The number of pyridine rings is 1. The van der Waals surface area contributed by atoms with Gasteiger partial charge in [-0.05, 0) is 53.9 Å². The minimum atomic E-state index is -0.961. The van der Waals surface area contributed by atoms with Gasteiger partial charge in [0.2, 0.25) is 0 Å². The number of aromatic hydroxyl groups is 1. The van der Waals surface area contributed by atoms with Crippen molar-refractivity contribution in [3.8, 4) is 23.0 Å². The van der Waals surface area contributed by atoms with Gasteiger partial charge < -0.3 is 29.0 Å². The van der Waals surface area contributed by atoms with Gasteiger partial charge in [0.05, 0.1) is 37.3 Å². The van der Waals surface area contributed by atoms with Crippen LogP contribution in [-0.2, 0) is 20.6 Å². The largest absolute Gasteiger partial charge is 0.508 e. The highest BCUT2D eigenvalue weighted by Gasteiger charge is 2.49. The average molecular weight is 652 g/mol. The predicted octanol–water partition coefficient (Wildman–Crippen LogP) is 4.70.